The second-order valence-electron chi connectivity index (χ2n) is 6.28. The van der Waals surface area contributed by atoms with Gasteiger partial charge in [0.25, 0.3) is 0 Å². The Hall–Kier alpha value is -3.08. The lowest BCUT2D eigenvalue weighted by Crippen LogP contribution is -2.08. The monoisotopic (exact) mass is 333 g/mol. The molecule has 0 bridgehead atoms. The van der Waals surface area contributed by atoms with Crippen LogP contribution >= 0.6 is 0 Å². The van der Waals surface area contributed by atoms with E-state index < -0.39 is 0 Å². The molecule has 0 unspecified atom stereocenters. The second kappa shape index (κ2) is 7.21. The molecule has 128 valence electrons. The zero-order chi connectivity index (χ0) is 17.8. The summed E-state index contributed by atoms with van der Waals surface area (Å²) in [7, 11) is 4.05. The molecule has 0 spiro atoms. The van der Waals surface area contributed by atoms with Crippen molar-refractivity contribution >= 4 is 28.8 Å². The smallest absolute Gasteiger partial charge is 0.229 e. The molecule has 1 aromatic heterocycles. The maximum atomic E-state index is 4.57. The van der Waals surface area contributed by atoms with Crippen LogP contribution in [0.25, 0.3) is 0 Å². The van der Waals surface area contributed by atoms with Gasteiger partial charge in [0.15, 0.2) is 0 Å². The Morgan fingerprint density at radius 3 is 2.24 bits per heavy atom. The number of aromatic nitrogens is 2. The van der Waals surface area contributed by atoms with E-state index in [0.717, 1.165) is 28.6 Å². The minimum absolute atomic E-state index is 0.581. The summed E-state index contributed by atoms with van der Waals surface area (Å²) < 4.78 is 0. The molecule has 1 heterocycles. The number of rotatable bonds is 5. The van der Waals surface area contributed by atoms with Crippen molar-refractivity contribution in [2.45, 2.75) is 13.8 Å². The fraction of sp³-hybridized carbons (Fsp3) is 0.200. The fourth-order valence-corrected chi connectivity index (χ4v) is 2.53. The predicted octanol–water partition coefficient (Wildman–Crippen LogP) is 4.65. The molecule has 0 radical (unpaired) electrons. The first kappa shape index (κ1) is 16.8. The van der Waals surface area contributed by atoms with Gasteiger partial charge < -0.3 is 15.5 Å². The number of nitrogens with zero attached hydrogens (tertiary/aromatic N) is 3. The lowest BCUT2D eigenvalue weighted by molar-refractivity contribution is 1.11. The highest BCUT2D eigenvalue weighted by molar-refractivity contribution is 5.62. The normalized spacial score (nSPS) is 10.4. The molecule has 0 atom stereocenters. The Morgan fingerprint density at radius 1 is 0.800 bits per heavy atom. The molecule has 0 aliphatic heterocycles. The standard InChI is InChI=1S/C20H23N5/c1-14-6-5-7-17(12-14)23-20-21-15(2)13-19(24-20)22-16-8-10-18(11-9-16)25(3)4/h5-13H,1-4H3,(H2,21,22,23,24). The first-order valence-corrected chi connectivity index (χ1v) is 8.23. The van der Waals surface area contributed by atoms with Crippen LogP contribution in [0.5, 0.6) is 0 Å². The molecule has 5 nitrogen and oxygen atoms in total. The summed E-state index contributed by atoms with van der Waals surface area (Å²) in [4.78, 5) is 11.1. The molecule has 3 rings (SSSR count). The molecule has 0 saturated carbocycles. The van der Waals surface area contributed by atoms with Crippen molar-refractivity contribution in [2.24, 2.45) is 0 Å². The summed E-state index contributed by atoms with van der Waals surface area (Å²) in [6, 6.07) is 18.3. The van der Waals surface area contributed by atoms with Crippen LogP contribution in [0.4, 0.5) is 28.8 Å². The largest absolute Gasteiger partial charge is 0.378 e. The third-order valence-electron chi connectivity index (χ3n) is 3.78. The maximum Gasteiger partial charge on any atom is 0.229 e. The van der Waals surface area contributed by atoms with Crippen molar-refractivity contribution in [1.29, 1.82) is 0 Å². The van der Waals surface area contributed by atoms with Gasteiger partial charge in [-0.3, -0.25) is 0 Å². The Labute approximate surface area is 148 Å². The van der Waals surface area contributed by atoms with Crippen molar-refractivity contribution in [2.75, 3.05) is 29.6 Å². The SMILES string of the molecule is Cc1cccc(Nc2nc(C)cc(Nc3ccc(N(C)C)cc3)n2)c1. The van der Waals surface area contributed by atoms with E-state index >= 15 is 0 Å². The van der Waals surface area contributed by atoms with Gasteiger partial charge in [-0.1, -0.05) is 12.1 Å². The lowest BCUT2D eigenvalue weighted by atomic mass is 10.2. The first-order chi connectivity index (χ1) is 12.0. The van der Waals surface area contributed by atoms with Crippen LogP contribution in [-0.4, -0.2) is 24.1 Å². The molecule has 5 heteroatoms. The average Bonchev–Trinajstić information content (AvgIpc) is 2.54. The molecular weight excluding hydrogens is 310 g/mol. The zero-order valence-electron chi connectivity index (χ0n) is 15.0. The number of hydrogen-bond acceptors (Lipinski definition) is 5. The molecule has 25 heavy (non-hydrogen) atoms. The molecule has 0 aliphatic rings. The summed E-state index contributed by atoms with van der Waals surface area (Å²) in [6.45, 7) is 4.02. The average molecular weight is 333 g/mol. The van der Waals surface area contributed by atoms with Gasteiger partial charge in [0, 0.05) is 42.9 Å². The number of anilines is 5. The van der Waals surface area contributed by atoms with E-state index in [1.165, 1.54) is 5.56 Å². The minimum Gasteiger partial charge on any atom is -0.378 e. The van der Waals surface area contributed by atoms with Crippen molar-refractivity contribution in [1.82, 2.24) is 9.97 Å². The van der Waals surface area contributed by atoms with Crippen LogP contribution in [0.3, 0.4) is 0 Å². The van der Waals surface area contributed by atoms with E-state index in [4.69, 9.17) is 0 Å². The Balaban J connectivity index is 1.79. The molecule has 0 amide bonds. The number of hydrogen-bond donors (Lipinski definition) is 2. The van der Waals surface area contributed by atoms with Crippen LogP contribution in [0, 0.1) is 13.8 Å². The van der Waals surface area contributed by atoms with E-state index in [0.29, 0.717) is 5.95 Å². The van der Waals surface area contributed by atoms with E-state index in [1.54, 1.807) is 0 Å². The van der Waals surface area contributed by atoms with Crippen LogP contribution in [0.1, 0.15) is 11.3 Å². The van der Waals surface area contributed by atoms with Crippen molar-refractivity contribution in [3.8, 4) is 0 Å². The Morgan fingerprint density at radius 2 is 1.56 bits per heavy atom. The van der Waals surface area contributed by atoms with Crippen molar-refractivity contribution < 1.29 is 0 Å². The number of nitrogens with one attached hydrogen (secondary N) is 2. The third kappa shape index (κ3) is 4.47. The van der Waals surface area contributed by atoms with Gasteiger partial charge in [0.1, 0.15) is 5.82 Å². The minimum atomic E-state index is 0.581. The van der Waals surface area contributed by atoms with Gasteiger partial charge in [-0.2, -0.15) is 4.98 Å². The maximum absolute atomic E-state index is 4.57. The van der Waals surface area contributed by atoms with Gasteiger partial charge in [-0.15, -0.1) is 0 Å². The van der Waals surface area contributed by atoms with Crippen LogP contribution in [0.2, 0.25) is 0 Å². The molecule has 2 aromatic carbocycles. The first-order valence-electron chi connectivity index (χ1n) is 8.23. The number of benzene rings is 2. The summed E-state index contributed by atoms with van der Waals surface area (Å²) in [5, 5.41) is 6.61. The van der Waals surface area contributed by atoms with Gasteiger partial charge >= 0.3 is 0 Å². The van der Waals surface area contributed by atoms with Gasteiger partial charge in [0.05, 0.1) is 0 Å². The van der Waals surface area contributed by atoms with Crippen LogP contribution in [-0.2, 0) is 0 Å². The van der Waals surface area contributed by atoms with Crippen LogP contribution in [0.15, 0.2) is 54.6 Å². The molecule has 2 N–H and O–H groups in total. The Bertz CT molecular complexity index is 856. The summed E-state index contributed by atoms with van der Waals surface area (Å²) in [5.41, 5.74) is 5.22. The topological polar surface area (TPSA) is 53.1 Å². The van der Waals surface area contributed by atoms with Crippen molar-refractivity contribution in [3.05, 3.63) is 65.9 Å². The van der Waals surface area contributed by atoms with Crippen LogP contribution < -0.4 is 15.5 Å². The quantitative estimate of drug-likeness (QED) is 0.712. The van der Waals surface area contributed by atoms with Crippen molar-refractivity contribution in [3.63, 3.8) is 0 Å². The highest BCUT2D eigenvalue weighted by Gasteiger charge is 2.04. The molecular formula is C20H23N5. The van der Waals surface area contributed by atoms with E-state index in [2.05, 4.69) is 56.7 Å². The summed E-state index contributed by atoms with van der Waals surface area (Å²) >= 11 is 0. The zero-order valence-corrected chi connectivity index (χ0v) is 15.0. The predicted molar refractivity (Wildman–Crippen MR) is 105 cm³/mol. The second-order valence-corrected chi connectivity index (χ2v) is 6.28. The van der Waals surface area contributed by atoms with Gasteiger partial charge in [-0.25, -0.2) is 4.98 Å². The molecule has 0 aliphatic carbocycles. The third-order valence-corrected chi connectivity index (χ3v) is 3.78. The highest BCUT2D eigenvalue weighted by Crippen LogP contribution is 2.21. The fourth-order valence-electron chi connectivity index (χ4n) is 2.53. The van der Waals surface area contributed by atoms with E-state index in [1.807, 2.05) is 51.4 Å². The molecule has 0 fully saturated rings. The molecule has 3 aromatic rings. The lowest BCUT2D eigenvalue weighted by Gasteiger charge is -2.14. The number of aryl methyl sites for hydroxylation is 2. The van der Waals surface area contributed by atoms with Gasteiger partial charge in [0.2, 0.25) is 5.95 Å². The van der Waals surface area contributed by atoms with E-state index in [9.17, 15) is 0 Å². The Kier molecular flexibility index (Phi) is 4.84. The summed E-state index contributed by atoms with van der Waals surface area (Å²) in [5.74, 6) is 1.35. The summed E-state index contributed by atoms with van der Waals surface area (Å²) in [6.07, 6.45) is 0. The highest BCUT2D eigenvalue weighted by atomic mass is 15.1. The van der Waals surface area contributed by atoms with Gasteiger partial charge in [-0.05, 0) is 55.8 Å². The molecule has 0 saturated heterocycles. The van der Waals surface area contributed by atoms with E-state index in [-0.39, 0.29) is 0 Å².